The molecule has 1 amide bonds. The van der Waals surface area contributed by atoms with E-state index in [0.717, 1.165) is 17.7 Å². The minimum absolute atomic E-state index is 0.151. The van der Waals surface area contributed by atoms with Crippen molar-refractivity contribution in [2.75, 3.05) is 32.8 Å². The van der Waals surface area contributed by atoms with Gasteiger partial charge in [-0.2, -0.15) is 0 Å². The number of nitrogens with zero attached hydrogens (tertiary/aromatic N) is 1. The van der Waals surface area contributed by atoms with Crippen molar-refractivity contribution in [1.82, 2.24) is 10.2 Å². The second-order valence-electron chi connectivity index (χ2n) is 11.1. The first-order chi connectivity index (χ1) is 17.4. The number of benzene rings is 2. The molecule has 0 bridgehead atoms. The third-order valence-electron chi connectivity index (χ3n) is 8.11. The lowest BCUT2D eigenvalue weighted by Crippen LogP contribution is -2.48. The topological polar surface area (TPSA) is 102 Å². The highest BCUT2D eigenvalue weighted by Crippen LogP contribution is 2.41. The Morgan fingerprint density at radius 1 is 0.972 bits per heavy atom. The van der Waals surface area contributed by atoms with E-state index in [1.165, 1.54) is 25.7 Å². The van der Waals surface area contributed by atoms with Gasteiger partial charge in [0.15, 0.2) is 0 Å². The van der Waals surface area contributed by atoms with Crippen molar-refractivity contribution in [1.29, 1.82) is 0 Å². The fraction of sp³-hybridized carbons (Fsp3) is 0.552. The van der Waals surface area contributed by atoms with Gasteiger partial charge in [-0.25, -0.2) is 0 Å². The molecule has 2 saturated carbocycles. The Kier molecular flexibility index (Phi) is 7.62. The molecule has 0 radical (unpaired) electrons. The number of carbonyl (C=O) groups excluding carboxylic acids is 1. The monoisotopic (exact) mass is 494 g/mol. The van der Waals surface area contributed by atoms with Gasteiger partial charge in [0.1, 0.15) is 5.75 Å². The first-order valence-electron chi connectivity index (χ1n) is 13.3. The van der Waals surface area contributed by atoms with E-state index in [1.807, 2.05) is 42.5 Å². The van der Waals surface area contributed by atoms with Crippen LogP contribution in [-0.4, -0.2) is 77.2 Å². The third kappa shape index (κ3) is 5.75. The third-order valence-corrected chi connectivity index (χ3v) is 8.11. The molecule has 1 unspecified atom stereocenters. The number of amides is 1. The lowest BCUT2D eigenvalue weighted by Gasteiger charge is -2.38. The molecule has 7 nitrogen and oxygen atoms in total. The minimum atomic E-state index is -0.807. The molecule has 5 rings (SSSR count). The Hall–Kier alpha value is -2.45. The largest absolute Gasteiger partial charge is 0.492 e. The first kappa shape index (κ1) is 25.2. The van der Waals surface area contributed by atoms with Crippen LogP contribution in [0.5, 0.6) is 5.75 Å². The van der Waals surface area contributed by atoms with E-state index in [0.29, 0.717) is 43.2 Å². The summed E-state index contributed by atoms with van der Waals surface area (Å²) < 4.78 is 6.40. The van der Waals surface area contributed by atoms with Crippen molar-refractivity contribution < 1.29 is 24.9 Å². The summed E-state index contributed by atoms with van der Waals surface area (Å²) in [6, 6.07) is 15.5. The maximum absolute atomic E-state index is 13.1. The van der Waals surface area contributed by atoms with E-state index in [1.54, 1.807) is 6.07 Å². The van der Waals surface area contributed by atoms with E-state index in [4.69, 9.17) is 4.74 Å². The van der Waals surface area contributed by atoms with Gasteiger partial charge in [0.25, 0.3) is 5.91 Å². The standard InChI is InChI=1S/C29H38N2O5/c32-23-15-30-28(35)24-11-10-22(21-8-2-1-3-9-21)12-27(24)36-19-29(13-25(33)26(34)14-29)18-31(17-23)16-20-6-4-5-7-20/h1-3,8-12,20,23,25-26,32-34H,4-7,13-19H2,(H,30,35)/t23-,25-,26+,29?/m0/s1. The molecule has 1 aliphatic heterocycles. The van der Waals surface area contributed by atoms with Crippen molar-refractivity contribution in [2.45, 2.75) is 56.8 Å². The molecule has 2 aromatic carbocycles. The Morgan fingerprint density at radius 3 is 2.42 bits per heavy atom. The number of aliphatic hydroxyl groups excluding tert-OH is 3. The number of nitrogens with one attached hydrogen (secondary N) is 1. The fourth-order valence-corrected chi connectivity index (χ4v) is 6.31. The molecular formula is C29H38N2O5. The van der Waals surface area contributed by atoms with Gasteiger partial charge in [-0.05, 0) is 54.9 Å². The van der Waals surface area contributed by atoms with Crippen molar-refractivity contribution in [3.8, 4) is 16.9 Å². The van der Waals surface area contributed by atoms with E-state index in [2.05, 4.69) is 10.2 Å². The smallest absolute Gasteiger partial charge is 0.255 e. The van der Waals surface area contributed by atoms with Gasteiger partial charge < -0.3 is 25.4 Å². The molecule has 2 aliphatic carbocycles. The zero-order chi connectivity index (χ0) is 25.1. The van der Waals surface area contributed by atoms with Crippen LogP contribution in [-0.2, 0) is 0 Å². The quantitative estimate of drug-likeness (QED) is 0.524. The molecule has 2 fully saturated rings. The number of β-amino-alcohol motifs (C(OH)–C–C–N with tert-alkyl or cyclic N) is 1. The summed E-state index contributed by atoms with van der Waals surface area (Å²) in [5.41, 5.74) is 1.90. The number of ether oxygens (including phenoxy) is 1. The van der Waals surface area contributed by atoms with Gasteiger partial charge >= 0.3 is 0 Å². The number of hydrogen-bond acceptors (Lipinski definition) is 6. The molecule has 4 N–H and O–H groups in total. The van der Waals surface area contributed by atoms with Crippen LogP contribution in [0.4, 0.5) is 0 Å². The molecule has 7 heteroatoms. The van der Waals surface area contributed by atoms with Gasteiger partial charge in [-0.15, -0.1) is 0 Å². The SMILES string of the molecule is O=C1NC[C@H](O)CN(CC2CCCC2)CC2(COc3cc(-c4ccccc4)ccc31)C[C@@H](O)[C@@H](O)C2. The molecule has 0 saturated heterocycles. The Morgan fingerprint density at radius 2 is 1.69 bits per heavy atom. The predicted molar refractivity (Wildman–Crippen MR) is 138 cm³/mol. The zero-order valence-electron chi connectivity index (χ0n) is 20.8. The highest BCUT2D eigenvalue weighted by molar-refractivity contribution is 5.97. The van der Waals surface area contributed by atoms with Crippen LogP contribution in [0.1, 0.15) is 48.9 Å². The maximum atomic E-state index is 13.1. The Labute approximate surface area is 213 Å². The molecule has 36 heavy (non-hydrogen) atoms. The van der Waals surface area contributed by atoms with Crippen LogP contribution in [0.2, 0.25) is 0 Å². The van der Waals surface area contributed by atoms with Crippen molar-refractivity contribution in [3.63, 3.8) is 0 Å². The van der Waals surface area contributed by atoms with E-state index in [9.17, 15) is 20.1 Å². The number of carbonyl (C=O) groups is 1. The Bertz CT molecular complexity index is 1030. The number of aliphatic hydroxyl groups is 3. The number of fused-ring (bicyclic) bond motifs is 1. The normalized spacial score (nSPS) is 30.3. The van der Waals surface area contributed by atoms with Gasteiger partial charge in [0.05, 0.1) is 30.5 Å². The summed E-state index contributed by atoms with van der Waals surface area (Å²) in [7, 11) is 0. The lowest BCUT2D eigenvalue weighted by molar-refractivity contribution is 0.0370. The molecule has 3 aliphatic rings. The van der Waals surface area contributed by atoms with Crippen molar-refractivity contribution in [2.24, 2.45) is 11.3 Å². The summed E-state index contributed by atoms with van der Waals surface area (Å²) in [4.78, 5) is 15.4. The minimum Gasteiger partial charge on any atom is -0.492 e. The van der Waals surface area contributed by atoms with E-state index < -0.39 is 23.7 Å². The molecule has 1 heterocycles. The van der Waals surface area contributed by atoms with Crippen molar-refractivity contribution in [3.05, 3.63) is 54.1 Å². The average Bonchev–Trinajstić information content (AvgIpc) is 3.48. The highest BCUT2D eigenvalue weighted by atomic mass is 16.5. The molecule has 0 aromatic heterocycles. The molecule has 194 valence electrons. The molecular weight excluding hydrogens is 456 g/mol. The summed E-state index contributed by atoms with van der Waals surface area (Å²) in [6.07, 6.45) is 3.37. The lowest BCUT2D eigenvalue weighted by atomic mass is 9.85. The fourth-order valence-electron chi connectivity index (χ4n) is 6.31. The molecule has 4 atom stereocenters. The predicted octanol–water partition coefficient (Wildman–Crippen LogP) is 2.83. The summed E-state index contributed by atoms with van der Waals surface area (Å²) in [5, 5.41) is 34.8. The van der Waals surface area contributed by atoms with Crippen LogP contribution < -0.4 is 10.1 Å². The van der Waals surface area contributed by atoms with Crippen LogP contribution in [0.25, 0.3) is 11.1 Å². The molecule has 2 aromatic rings. The van der Waals surface area contributed by atoms with Crippen LogP contribution in [0.3, 0.4) is 0 Å². The second kappa shape index (κ2) is 10.9. The van der Waals surface area contributed by atoms with Gasteiger partial charge in [-0.1, -0.05) is 49.2 Å². The molecule has 1 spiro atoms. The average molecular weight is 495 g/mol. The van der Waals surface area contributed by atoms with Crippen LogP contribution in [0, 0.1) is 11.3 Å². The van der Waals surface area contributed by atoms with Gasteiger partial charge in [0.2, 0.25) is 0 Å². The van der Waals surface area contributed by atoms with Gasteiger partial charge in [0, 0.05) is 31.6 Å². The van der Waals surface area contributed by atoms with Crippen molar-refractivity contribution >= 4 is 5.91 Å². The van der Waals surface area contributed by atoms with Gasteiger partial charge in [-0.3, -0.25) is 9.69 Å². The van der Waals surface area contributed by atoms with Crippen LogP contribution in [0.15, 0.2) is 48.5 Å². The summed E-state index contributed by atoms with van der Waals surface area (Å²) in [5.74, 6) is 0.775. The highest BCUT2D eigenvalue weighted by Gasteiger charge is 2.46. The zero-order valence-corrected chi connectivity index (χ0v) is 20.8. The number of rotatable bonds is 3. The summed E-state index contributed by atoms with van der Waals surface area (Å²) >= 11 is 0. The Balaban J connectivity index is 1.47. The van der Waals surface area contributed by atoms with E-state index >= 15 is 0 Å². The van der Waals surface area contributed by atoms with Crippen LogP contribution >= 0.6 is 0 Å². The summed E-state index contributed by atoms with van der Waals surface area (Å²) in [6.45, 7) is 2.35. The maximum Gasteiger partial charge on any atom is 0.255 e. The van der Waals surface area contributed by atoms with E-state index in [-0.39, 0.29) is 19.1 Å². The number of hydrogen-bond donors (Lipinski definition) is 4. The second-order valence-corrected chi connectivity index (χ2v) is 11.1. The first-order valence-corrected chi connectivity index (χ1v) is 13.3.